The Labute approximate surface area is 120 Å². The van der Waals surface area contributed by atoms with Crippen LogP contribution in [0.5, 0.6) is 0 Å². The van der Waals surface area contributed by atoms with Crippen molar-refractivity contribution in [1.82, 2.24) is 10.3 Å². The van der Waals surface area contributed by atoms with Gasteiger partial charge in [0, 0.05) is 19.5 Å². The number of thiazole rings is 1. The Bertz CT molecular complexity index is 450. The molecule has 2 N–H and O–H groups in total. The van der Waals surface area contributed by atoms with Gasteiger partial charge >= 0.3 is 5.97 Å². The number of carbonyl (C=O) groups excluding carboxylic acids is 2. The fourth-order valence-corrected chi connectivity index (χ4v) is 2.36. The van der Waals surface area contributed by atoms with E-state index in [1.54, 1.807) is 0 Å². The van der Waals surface area contributed by atoms with Gasteiger partial charge in [-0.2, -0.15) is 0 Å². The zero-order valence-electron chi connectivity index (χ0n) is 10.8. The summed E-state index contributed by atoms with van der Waals surface area (Å²) in [4.78, 5) is 26.9. The van der Waals surface area contributed by atoms with Crippen molar-refractivity contribution in [3.63, 3.8) is 0 Å². The van der Waals surface area contributed by atoms with Gasteiger partial charge in [-0.1, -0.05) is 29.9 Å². The van der Waals surface area contributed by atoms with E-state index in [2.05, 4.69) is 20.4 Å². The van der Waals surface area contributed by atoms with Crippen molar-refractivity contribution in [3.8, 4) is 0 Å². The Morgan fingerprint density at radius 2 is 2.16 bits per heavy atom. The zero-order chi connectivity index (χ0) is 14.3. The Hall–Kier alpha value is -1.34. The van der Waals surface area contributed by atoms with Gasteiger partial charge in [0.2, 0.25) is 5.91 Å². The van der Waals surface area contributed by atoms with Crippen LogP contribution in [0, 0.1) is 0 Å². The topological polar surface area (TPSA) is 80.3 Å². The van der Waals surface area contributed by atoms with Crippen LogP contribution in [0.1, 0.15) is 29.4 Å². The third-order valence-corrected chi connectivity index (χ3v) is 3.54. The van der Waals surface area contributed by atoms with Crippen LogP contribution < -0.4 is 10.6 Å². The van der Waals surface area contributed by atoms with Crippen LogP contribution in [-0.4, -0.2) is 37.1 Å². The molecule has 0 saturated heterocycles. The lowest BCUT2D eigenvalue weighted by Gasteiger charge is -2.03. The predicted octanol–water partition coefficient (Wildman–Crippen LogP) is 1.91. The third-order valence-electron chi connectivity index (χ3n) is 2.16. The number of esters is 1. The predicted molar refractivity (Wildman–Crippen MR) is 74.9 cm³/mol. The molecule has 0 radical (unpaired) electrons. The van der Waals surface area contributed by atoms with Crippen LogP contribution in [0.25, 0.3) is 0 Å². The summed E-state index contributed by atoms with van der Waals surface area (Å²) >= 11 is 6.91. The second kappa shape index (κ2) is 7.96. The third kappa shape index (κ3) is 5.04. The average molecular weight is 306 g/mol. The van der Waals surface area contributed by atoms with Crippen molar-refractivity contribution in [2.24, 2.45) is 0 Å². The van der Waals surface area contributed by atoms with E-state index in [9.17, 15) is 9.59 Å². The molecule has 19 heavy (non-hydrogen) atoms. The van der Waals surface area contributed by atoms with Gasteiger partial charge in [0.15, 0.2) is 15.2 Å². The molecule has 1 rings (SSSR count). The first-order valence-electron chi connectivity index (χ1n) is 5.83. The molecule has 0 bridgehead atoms. The van der Waals surface area contributed by atoms with Gasteiger partial charge in [-0.3, -0.25) is 4.79 Å². The van der Waals surface area contributed by atoms with E-state index < -0.39 is 5.97 Å². The molecule has 0 fully saturated rings. The zero-order valence-corrected chi connectivity index (χ0v) is 12.4. The molecule has 0 aliphatic rings. The Morgan fingerprint density at radius 1 is 1.42 bits per heavy atom. The van der Waals surface area contributed by atoms with Crippen LogP contribution in [-0.2, 0) is 9.53 Å². The lowest BCUT2D eigenvalue weighted by atomic mass is 10.4. The quantitative estimate of drug-likeness (QED) is 0.752. The van der Waals surface area contributed by atoms with E-state index in [1.165, 1.54) is 7.11 Å². The number of rotatable bonds is 7. The molecule has 1 aromatic rings. The number of nitrogens with zero attached hydrogens (tertiary/aromatic N) is 1. The second-order valence-corrected chi connectivity index (χ2v) is 5.01. The van der Waals surface area contributed by atoms with Gasteiger partial charge in [0.25, 0.3) is 0 Å². The van der Waals surface area contributed by atoms with Crippen molar-refractivity contribution in [2.45, 2.75) is 19.8 Å². The summed E-state index contributed by atoms with van der Waals surface area (Å²) in [6.07, 6.45) is 1.24. The first-order valence-corrected chi connectivity index (χ1v) is 7.03. The second-order valence-electron chi connectivity index (χ2n) is 3.66. The maximum Gasteiger partial charge on any atom is 0.351 e. The lowest BCUT2D eigenvalue weighted by molar-refractivity contribution is -0.120. The number of hydrogen-bond acceptors (Lipinski definition) is 6. The number of nitrogens with one attached hydrogen (secondary N) is 2. The highest BCUT2D eigenvalue weighted by Gasteiger charge is 2.17. The minimum absolute atomic E-state index is 0.0230. The molecule has 1 amide bonds. The molecule has 6 nitrogen and oxygen atoms in total. The average Bonchev–Trinajstić information content (AvgIpc) is 2.76. The van der Waals surface area contributed by atoms with E-state index in [-0.39, 0.29) is 15.9 Å². The number of methoxy groups -OCH3 is 1. The maximum absolute atomic E-state index is 11.4. The number of halogens is 1. The maximum atomic E-state index is 11.4. The standard InChI is InChI=1S/C11H16ClN3O3S/c1-3-5-13-7(16)4-6-14-11-15-9(12)8(19-11)10(17)18-2/h3-6H2,1-2H3,(H,13,16)(H,14,15). The van der Waals surface area contributed by atoms with Gasteiger partial charge in [0.05, 0.1) is 7.11 Å². The molecule has 1 heterocycles. The van der Waals surface area contributed by atoms with E-state index in [0.717, 1.165) is 17.8 Å². The van der Waals surface area contributed by atoms with Gasteiger partial charge in [-0.15, -0.1) is 0 Å². The summed E-state index contributed by atoms with van der Waals surface area (Å²) in [6.45, 7) is 3.10. The Kier molecular flexibility index (Phi) is 6.58. The smallest absolute Gasteiger partial charge is 0.351 e. The van der Waals surface area contributed by atoms with Gasteiger partial charge < -0.3 is 15.4 Å². The van der Waals surface area contributed by atoms with Gasteiger partial charge in [-0.05, 0) is 6.42 Å². The molecule has 0 aliphatic carbocycles. The Morgan fingerprint density at radius 3 is 2.79 bits per heavy atom. The van der Waals surface area contributed by atoms with Crippen LogP contribution in [0.15, 0.2) is 0 Å². The van der Waals surface area contributed by atoms with Crippen molar-refractivity contribution in [2.75, 3.05) is 25.5 Å². The van der Waals surface area contributed by atoms with E-state index >= 15 is 0 Å². The molecule has 0 unspecified atom stereocenters. The number of carbonyl (C=O) groups is 2. The van der Waals surface area contributed by atoms with Crippen LogP contribution in [0.3, 0.4) is 0 Å². The highest BCUT2D eigenvalue weighted by atomic mass is 35.5. The highest BCUT2D eigenvalue weighted by molar-refractivity contribution is 7.18. The minimum atomic E-state index is -0.517. The minimum Gasteiger partial charge on any atom is -0.465 e. The van der Waals surface area contributed by atoms with E-state index in [1.807, 2.05) is 6.92 Å². The van der Waals surface area contributed by atoms with E-state index in [4.69, 9.17) is 11.6 Å². The Balaban J connectivity index is 2.42. The molecule has 0 aromatic carbocycles. The van der Waals surface area contributed by atoms with Crippen molar-refractivity contribution in [3.05, 3.63) is 10.0 Å². The fourth-order valence-electron chi connectivity index (χ4n) is 1.23. The number of anilines is 1. The van der Waals surface area contributed by atoms with E-state index in [0.29, 0.717) is 24.6 Å². The number of aromatic nitrogens is 1. The molecule has 1 aromatic heterocycles. The molecule has 0 saturated carbocycles. The van der Waals surface area contributed by atoms with Crippen LogP contribution in [0.2, 0.25) is 5.15 Å². The highest BCUT2D eigenvalue weighted by Crippen LogP contribution is 2.27. The monoisotopic (exact) mass is 305 g/mol. The summed E-state index contributed by atoms with van der Waals surface area (Å²) < 4.78 is 4.57. The summed E-state index contributed by atoms with van der Waals surface area (Å²) in [7, 11) is 1.28. The summed E-state index contributed by atoms with van der Waals surface area (Å²) in [5, 5.41) is 6.31. The fraction of sp³-hybridized carbons (Fsp3) is 0.545. The van der Waals surface area contributed by atoms with Crippen molar-refractivity contribution < 1.29 is 14.3 Å². The summed E-state index contributed by atoms with van der Waals surface area (Å²) in [5.41, 5.74) is 0. The first-order chi connectivity index (χ1) is 9.08. The first kappa shape index (κ1) is 15.7. The lowest BCUT2D eigenvalue weighted by Crippen LogP contribution is -2.25. The number of amides is 1. The number of hydrogen-bond donors (Lipinski definition) is 2. The SMILES string of the molecule is CCCNC(=O)CCNc1nc(Cl)c(C(=O)OC)s1. The normalized spacial score (nSPS) is 10.1. The van der Waals surface area contributed by atoms with Gasteiger partial charge in [-0.25, -0.2) is 9.78 Å². The molecular formula is C11H16ClN3O3S. The molecular weight excluding hydrogens is 290 g/mol. The molecule has 106 valence electrons. The molecule has 0 atom stereocenters. The van der Waals surface area contributed by atoms with Crippen LogP contribution >= 0.6 is 22.9 Å². The van der Waals surface area contributed by atoms with Gasteiger partial charge in [0.1, 0.15) is 0 Å². The van der Waals surface area contributed by atoms with Crippen molar-refractivity contribution in [1.29, 1.82) is 0 Å². The largest absolute Gasteiger partial charge is 0.465 e. The van der Waals surface area contributed by atoms with Crippen LogP contribution in [0.4, 0.5) is 5.13 Å². The number of ether oxygens (including phenoxy) is 1. The molecule has 8 heteroatoms. The summed E-state index contributed by atoms with van der Waals surface area (Å²) in [5.74, 6) is -0.540. The molecule has 0 aliphatic heterocycles. The summed E-state index contributed by atoms with van der Waals surface area (Å²) in [6, 6.07) is 0. The molecule has 0 spiro atoms. The van der Waals surface area contributed by atoms with Crippen molar-refractivity contribution >= 4 is 39.9 Å².